The highest BCUT2D eigenvalue weighted by Crippen LogP contribution is 2.36. The second kappa shape index (κ2) is 9.94. The second-order valence-electron chi connectivity index (χ2n) is 6.74. The third kappa shape index (κ3) is 5.53. The van der Waals surface area contributed by atoms with Gasteiger partial charge in [0.05, 0.1) is 15.6 Å². The van der Waals surface area contributed by atoms with Gasteiger partial charge in [-0.25, -0.2) is 9.79 Å². The fraction of sp³-hybridized carbons (Fsp3) is 0.0833. The van der Waals surface area contributed by atoms with Crippen LogP contribution in [0.3, 0.4) is 0 Å². The van der Waals surface area contributed by atoms with Crippen molar-refractivity contribution in [2.75, 3.05) is 6.61 Å². The van der Waals surface area contributed by atoms with Gasteiger partial charge in [0.2, 0.25) is 5.90 Å². The smallest absolute Gasteiger partial charge is 0.363 e. The Morgan fingerprint density at radius 3 is 2.29 bits per heavy atom. The Bertz CT molecular complexity index is 1150. The summed E-state index contributed by atoms with van der Waals surface area (Å²) in [5.41, 5.74) is 3.00. The fourth-order valence-corrected chi connectivity index (χ4v) is 4.71. The number of carbonyl (C=O) groups is 1. The number of esters is 1. The van der Waals surface area contributed by atoms with Crippen molar-refractivity contribution in [3.8, 4) is 5.75 Å². The SMILES string of the molecule is O=C1OC(c2ccc(Br)cc2)=N/C1=C\c1cc(Br)c(OCCc2ccccc2)c(Br)c1. The first-order valence-electron chi connectivity index (χ1n) is 9.44. The fourth-order valence-electron chi connectivity index (χ4n) is 3.00. The van der Waals surface area contributed by atoms with Gasteiger partial charge in [-0.3, -0.25) is 0 Å². The van der Waals surface area contributed by atoms with Crippen molar-refractivity contribution < 1.29 is 14.3 Å². The van der Waals surface area contributed by atoms with E-state index in [0.29, 0.717) is 18.3 Å². The lowest BCUT2D eigenvalue weighted by Crippen LogP contribution is -2.05. The largest absolute Gasteiger partial charge is 0.491 e. The summed E-state index contributed by atoms with van der Waals surface area (Å²) >= 11 is 10.5. The first-order chi connectivity index (χ1) is 15.0. The van der Waals surface area contributed by atoms with E-state index < -0.39 is 5.97 Å². The molecule has 31 heavy (non-hydrogen) atoms. The summed E-state index contributed by atoms with van der Waals surface area (Å²) in [7, 11) is 0. The van der Waals surface area contributed by atoms with E-state index in [4.69, 9.17) is 9.47 Å². The van der Waals surface area contributed by atoms with Gasteiger partial charge in [-0.05, 0) is 85.5 Å². The quantitative estimate of drug-likeness (QED) is 0.226. The lowest BCUT2D eigenvalue weighted by molar-refractivity contribution is -0.129. The Morgan fingerprint density at radius 1 is 0.935 bits per heavy atom. The number of hydrogen-bond donors (Lipinski definition) is 0. The van der Waals surface area contributed by atoms with Crippen LogP contribution in [0.25, 0.3) is 6.08 Å². The number of carbonyl (C=O) groups excluding carboxylic acids is 1. The third-order valence-electron chi connectivity index (χ3n) is 4.52. The summed E-state index contributed by atoms with van der Waals surface area (Å²) in [4.78, 5) is 16.6. The molecule has 0 amide bonds. The maximum absolute atomic E-state index is 12.3. The molecule has 0 aliphatic carbocycles. The van der Waals surface area contributed by atoms with Crippen molar-refractivity contribution in [3.63, 3.8) is 0 Å². The molecule has 1 aliphatic rings. The van der Waals surface area contributed by atoms with Crippen molar-refractivity contribution in [1.82, 2.24) is 0 Å². The predicted octanol–water partition coefficient (Wildman–Crippen LogP) is 6.94. The van der Waals surface area contributed by atoms with Gasteiger partial charge in [0.15, 0.2) is 5.70 Å². The monoisotopic (exact) mass is 603 g/mol. The number of cyclic esters (lactones) is 1. The Morgan fingerprint density at radius 2 is 1.61 bits per heavy atom. The topological polar surface area (TPSA) is 47.9 Å². The minimum atomic E-state index is -0.478. The first kappa shape index (κ1) is 22.0. The van der Waals surface area contributed by atoms with Crippen molar-refractivity contribution in [3.05, 3.63) is 103 Å². The van der Waals surface area contributed by atoms with Crippen LogP contribution >= 0.6 is 47.8 Å². The average molecular weight is 606 g/mol. The van der Waals surface area contributed by atoms with Crippen LogP contribution in [-0.2, 0) is 16.0 Å². The number of rotatable bonds is 6. The highest BCUT2D eigenvalue weighted by molar-refractivity contribution is 9.11. The number of hydrogen-bond acceptors (Lipinski definition) is 4. The summed E-state index contributed by atoms with van der Waals surface area (Å²) in [6.07, 6.45) is 2.50. The van der Waals surface area contributed by atoms with Crippen molar-refractivity contribution in [1.29, 1.82) is 0 Å². The molecule has 0 aromatic heterocycles. The van der Waals surface area contributed by atoms with Gasteiger partial charge in [0.1, 0.15) is 5.75 Å². The highest BCUT2D eigenvalue weighted by atomic mass is 79.9. The van der Waals surface area contributed by atoms with Gasteiger partial charge in [0.25, 0.3) is 0 Å². The summed E-state index contributed by atoms with van der Waals surface area (Å²) in [6, 6.07) is 21.4. The molecule has 0 fully saturated rings. The van der Waals surface area contributed by atoms with Crippen LogP contribution in [0.2, 0.25) is 0 Å². The summed E-state index contributed by atoms with van der Waals surface area (Å²) in [5, 5.41) is 0. The molecule has 0 saturated carbocycles. The number of halogens is 3. The normalized spacial score (nSPS) is 14.5. The zero-order valence-electron chi connectivity index (χ0n) is 16.1. The molecule has 1 aliphatic heterocycles. The number of ether oxygens (including phenoxy) is 2. The van der Waals surface area contributed by atoms with Gasteiger partial charge in [-0.15, -0.1) is 0 Å². The van der Waals surface area contributed by atoms with E-state index in [-0.39, 0.29) is 5.70 Å². The number of nitrogens with zero attached hydrogens (tertiary/aromatic N) is 1. The van der Waals surface area contributed by atoms with E-state index in [9.17, 15) is 4.79 Å². The zero-order valence-corrected chi connectivity index (χ0v) is 20.9. The molecule has 0 N–H and O–H groups in total. The Hall–Kier alpha value is -2.22. The van der Waals surface area contributed by atoms with E-state index in [1.165, 1.54) is 5.56 Å². The van der Waals surface area contributed by atoms with Crippen LogP contribution in [0.1, 0.15) is 16.7 Å². The lowest BCUT2D eigenvalue weighted by Gasteiger charge is -2.11. The zero-order chi connectivity index (χ0) is 21.8. The van der Waals surface area contributed by atoms with Gasteiger partial charge in [-0.1, -0.05) is 46.3 Å². The summed E-state index contributed by atoms with van der Waals surface area (Å²) < 4.78 is 13.8. The van der Waals surface area contributed by atoms with Gasteiger partial charge in [-0.2, -0.15) is 0 Å². The third-order valence-corrected chi connectivity index (χ3v) is 6.22. The molecule has 4 nitrogen and oxygen atoms in total. The average Bonchev–Trinajstić information content (AvgIpc) is 3.11. The van der Waals surface area contributed by atoms with Gasteiger partial charge >= 0.3 is 5.97 Å². The Balaban J connectivity index is 1.50. The van der Waals surface area contributed by atoms with Crippen LogP contribution < -0.4 is 4.74 Å². The molecule has 3 aromatic carbocycles. The standard InChI is InChI=1S/C24H16Br3NO3/c25-18-8-6-17(7-9-18)23-28-21(24(29)31-23)14-16-12-19(26)22(20(27)13-16)30-11-10-15-4-2-1-3-5-15/h1-9,12-14H,10-11H2/b21-14-. The van der Waals surface area contributed by atoms with Crippen LogP contribution in [0.4, 0.5) is 0 Å². The molecule has 156 valence electrons. The molecule has 1 heterocycles. The molecule has 3 aromatic rings. The predicted molar refractivity (Wildman–Crippen MR) is 132 cm³/mol. The van der Waals surface area contributed by atoms with E-state index in [1.807, 2.05) is 54.6 Å². The highest BCUT2D eigenvalue weighted by Gasteiger charge is 2.24. The minimum Gasteiger partial charge on any atom is -0.491 e. The van der Waals surface area contributed by atoms with Gasteiger partial charge < -0.3 is 9.47 Å². The maximum Gasteiger partial charge on any atom is 0.363 e. The molecule has 0 unspecified atom stereocenters. The molecule has 0 saturated heterocycles. The molecule has 0 spiro atoms. The maximum atomic E-state index is 12.3. The Labute approximate surface area is 205 Å². The van der Waals surface area contributed by atoms with Crippen molar-refractivity contribution in [2.45, 2.75) is 6.42 Å². The van der Waals surface area contributed by atoms with E-state index in [1.54, 1.807) is 6.08 Å². The molecule has 0 radical (unpaired) electrons. The van der Waals surface area contributed by atoms with Crippen molar-refractivity contribution in [2.24, 2.45) is 4.99 Å². The van der Waals surface area contributed by atoms with E-state index in [0.717, 1.165) is 31.0 Å². The first-order valence-corrected chi connectivity index (χ1v) is 11.8. The number of aliphatic imine (C=N–C) groups is 1. The minimum absolute atomic E-state index is 0.245. The summed E-state index contributed by atoms with van der Waals surface area (Å²) in [5.74, 6) is 0.530. The lowest BCUT2D eigenvalue weighted by atomic mass is 10.1. The molecular formula is C24H16Br3NO3. The van der Waals surface area contributed by atoms with Crippen molar-refractivity contribution >= 4 is 65.7 Å². The van der Waals surface area contributed by atoms with Crippen LogP contribution in [0.5, 0.6) is 5.75 Å². The number of benzene rings is 3. The second-order valence-corrected chi connectivity index (χ2v) is 9.37. The molecule has 4 rings (SSSR count). The van der Waals surface area contributed by atoms with Crippen LogP contribution in [0.15, 0.2) is 90.8 Å². The van der Waals surface area contributed by atoms with E-state index >= 15 is 0 Å². The Kier molecular flexibility index (Phi) is 7.05. The van der Waals surface area contributed by atoms with Gasteiger partial charge in [0, 0.05) is 16.5 Å². The molecule has 7 heteroatoms. The molecular weight excluding hydrogens is 590 g/mol. The summed E-state index contributed by atoms with van der Waals surface area (Å²) in [6.45, 7) is 0.550. The molecule has 0 bridgehead atoms. The van der Waals surface area contributed by atoms with Crippen LogP contribution in [0, 0.1) is 0 Å². The van der Waals surface area contributed by atoms with E-state index in [2.05, 4.69) is 64.9 Å². The molecule has 0 atom stereocenters. The van der Waals surface area contributed by atoms with Crippen LogP contribution in [-0.4, -0.2) is 18.5 Å².